The standard InChI is InChI=1S/C18H26O3/c1-20-13-16(18(19)21-2)17(14-9-5-3-6-10-14)15-11-7-4-8-12-15/h9,11H,3-8,10,12-13H2,1-2H3. The fourth-order valence-corrected chi connectivity index (χ4v) is 3.22. The number of esters is 1. The molecule has 0 aromatic rings. The SMILES string of the molecule is COCC(C(=O)OC)=C(C1=CCCCC1)C1=CCCCC1. The van der Waals surface area contributed by atoms with E-state index in [0.29, 0.717) is 12.2 Å². The molecular formula is C18H26O3. The van der Waals surface area contributed by atoms with E-state index in [1.165, 1.54) is 43.9 Å². The Balaban J connectivity index is 2.48. The van der Waals surface area contributed by atoms with Gasteiger partial charge in [-0.15, -0.1) is 0 Å². The molecule has 0 fully saturated rings. The molecule has 3 heteroatoms. The number of ether oxygens (including phenoxy) is 2. The molecule has 0 heterocycles. The number of hydrogen-bond donors (Lipinski definition) is 0. The Labute approximate surface area is 127 Å². The number of hydrogen-bond acceptors (Lipinski definition) is 3. The maximum Gasteiger partial charge on any atom is 0.336 e. The van der Waals surface area contributed by atoms with Crippen LogP contribution in [0.2, 0.25) is 0 Å². The summed E-state index contributed by atoms with van der Waals surface area (Å²) in [5, 5.41) is 0. The van der Waals surface area contributed by atoms with Gasteiger partial charge in [-0.1, -0.05) is 12.2 Å². The molecule has 0 saturated carbocycles. The zero-order valence-corrected chi connectivity index (χ0v) is 13.2. The van der Waals surface area contributed by atoms with E-state index in [0.717, 1.165) is 31.3 Å². The van der Waals surface area contributed by atoms with Crippen molar-refractivity contribution >= 4 is 5.97 Å². The van der Waals surface area contributed by atoms with Crippen molar-refractivity contribution in [3.63, 3.8) is 0 Å². The zero-order chi connectivity index (χ0) is 15.1. The minimum Gasteiger partial charge on any atom is -0.466 e. The van der Waals surface area contributed by atoms with Crippen LogP contribution >= 0.6 is 0 Å². The molecule has 0 atom stereocenters. The van der Waals surface area contributed by atoms with Crippen LogP contribution in [0.4, 0.5) is 0 Å². The molecule has 0 radical (unpaired) electrons. The van der Waals surface area contributed by atoms with E-state index in [4.69, 9.17) is 9.47 Å². The third kappa shape index (κ3) is 4.07. The van der Waals surface area contributed by atoms with Crippen LogP contribution in [0.1, 0.15) is 51.4 Å². The molecule has 0 aromatic heterocycles. The van der Waals surface area contributed by atoms with Gasteiger partial charge in [0.2, 0.25) is 0 Å². The summed E-state index contributed by atoms with van der Waals surface area (Å²) in [5.41, 5.74) is 4.42. The second-order valence-corrected chi connectivity index (χ2v) is 5.73. The molecule has 0 bridgehead atoms. The second kappa shape index (κ2) is 8.18. The van der Waals surface area contributed by atoms with E-state index in [2.05, 4.69) is 12.2 Å². The van der Waals surface area contributed by atoms with Crippen molar-refractivity contribution in [2.24, 2.45) is 0 Å². The average molecular weight is 290 g/mol. The van der Waals surface area contributed by atoms with Gasteiger partial charge in [0.05, 0.1) is 19.3 Å². The Kier molecular flexibility index (Phi) is 6.24. The molecule has 2 rings (SSSR count). The molecule has 0 spiro atoms. The van der Waals surface area contributed by atoms with E-state index in [1.54, 1.807) is 7.11 Å². The van der Waals surface area contributed by atoms with Crippen molar-refractivity contribution in [2.75, 3.05) is 20.8 Å². The predicted octanol–water partition coefficient (Wildman–Crippen LogP) is 4.10. The van der Waals surface area contributed by atoms with Crippen molar-refractivity contribution in [1.82, 2.24) is 0 Å². The molecule has 0 saturated heterocycles. The smallest absolute Gasteiger partial charge is 0.336 e. The predicted molar refractivity (Wildman–Crippen MR) is 84.0 cm³/mol. The first-order valence-electron chi connectivity index (χ1n) is 7.97. The van der Waals surface area contributed by atoms with Gasteiger partial charge in [0, 0.05) is 7.11 Å². The highest BCUT2D eigenvalue weighted by molar-refractivity contribution is 5.91. The summed E-state index contributed by atoms with van der Waals surface area (Å²) in [6, 6.07) is 0. The van der Waals surface area contributed by atoms with Crippen molar-refractivity contribution in [3.05, 3.63) is 34.4 Å². The molecule has 0 aliphatic heterocycles. The lowest BCUT2D eigenvalue weighted by Crippen LogP contribution is -2.16. The van der Waals surface area contributed by atoms with Crippen molar-refractivity contribution in [1.29, 1.82) is 0 Å². The molecule has 2 aliphatic rings. The summed E-state index contributed by atoms with van der Waals surface area (Å²) in [5.74, 6) is -0.259. The third-order valence-electron chi connectivity index (χ3n) is 4.25. The molecule has 0 N–H and O–H groups in total. The number of rotatable bonds is 5. The molecule has 21 heavy (non-hydrogen) atoms. The fraction of sp³-hybridized carbons (Fsp3) is 0.611. The molecular weight excluding hydrogens is 264 g/mol. The van der Waals surface area contributed by atoms with E-state index in [9.17, 15) is 4.79 Å². The molecule has 0 aromatic carbocycles. The van der Waals surface area contributed by atoms with E-state index in [1.807, 2.05) is 0 Å². The van der Waals surface area contributed by atoms with Gasteiger partial charge in [-0.25, -0.2) is 4.79 Å². The van der Waals surface area contributed by atoms with E-state index in [-0.39, 0.29) is 5.97 Å². The number of carbonyl (C=O) groups excluding carboxylic acids is 1. The van der Waals surface area contributed by atoms with Gasteiger partial charge in [0.1, 0.15) is 0 Å². The third-order valence-corrected chi connectivity index (χ3v) is 4.25. The highest BCUT2D eigenvalue weighted by Crippen LogP contribution is 2.35. The molecule has 116 valence electrons. The van der Waals surface area contributed by atoms with Crippen LogP contribution in [0.5, 0.6) is 0 Å². The van der Waals surface area contributed by atoms with Crippen LogP contribution in [0.3, 0.4) is 0 Å². The van der Waals surface area contributed by atoms with Crippen LogP contribution in [-0.2, 0) is 14.3 Å². The molecule has 3 nitrogen and oxygen atoms in total. The first-order valence-corrected chi connectivity index (χ1v) is 7.97. The van der Waals surface area contributed by atoms with Crippen molar-refractivity contribution in [3.8, 4) is 0 Å². The second-order valence-electron chi connectivity index (χ2n) is 5.73. The van der Waals surface area contributed by atoms with Gasteiger partial charge in [-0.05, 0) is 68.1 Å². The van der Waals surface area contributed by atoms with Crippen molar-refractivity contribution in [2.45, 2.75) is 51.4 Å². The summed E-state index contributed by atoms with van der Waals surface area (Å²) in [6.45, 7) is 0.316. The molecule has 0 amide bonds. The minimum atomic E-state index is -0.259. The van der Waals surface area contributed by atoms with Gasteiger partial charge < -0.3 is 9.47 Å². The van der Waals surface area contributed by atoms with E-state index >= 15 is 0 Å². The lowest BCUT2D eigenvalue weighted by atomic mass is 9.82. The topological polar surface area (TPSA) is 35.5 Å². The Morgan fingerprint density at radius 1 is 1.00 bits per heavy atom. The highest BCUT2D eigenvalue weighted by Gasteiger charge is 2.23. The van der Waals surface area contributed by atoms with Crippen LogP contribution in [0.15, 0.2) is 34.4 Å². The van der Waals surface area contributed by atoms with E-state index < -0.39 is 0 Å². The van der Waals surface area contributed by atoms with Crippen LogP contribution in [0, 0.1) is 0 Å². The lowest BCUT2D eigenvalue weighted by molar-refractivity contribution is -0.136. The van der Waals surface area contributed by atoms with Crippen LogP contribution in [-0.4, -0.2) is 26.8 Å². The molecule has 2 aliphatic carbocycles. The van der Waals surface area contributed by atoms with Crippen LogP contribution in [0.25, 0.3) is 0 Å². The first-order chi connectivity index (χ1) is 10.3. The van der Waals surface area contributed by atoms with Crippen LogP contribution < -0.4 is 0 Å². The Hall–Kier alpha value is -1.35. The zero-order valence-electron chi connectivity index (χ0n) is 13.2. The summed E-state index contributed by atoms with van der Waals surface area (Å²) in [4.78, 5) is 12.2. The van der Waals surface area contributed by atoms with Gasteiger partial charge in [-0.3, -0.25) is 0 Å². The van der Waals surface area contributed by atoms with Crippen molar-refractivity contribution < 1.29 is 14.3 Å². The maximum absolute atomic E-state index is 12.2. The minimum absolute atomic E-state index is 0.259. The quantitative estimate of drug-likeness (QED) is 0.565. The summed E-state index contributed by atoms with van der Waals surface area (Å²) in [6.07, 6.45) is 13.8. The molecule has 0 unspecified atom stereocenters. The number of methoxy groups -OCH3 is 2. The maximum atomic E-state index is 12.2. The average Bonchev–Trinajstić information content (AvgIpc) is 2.55. The first kappa shape index (κ1) is 16.0. The Morgan fingerprint density at radius 3 is 1.95 bits per heavy atom. The number of allylic oxidation sites excluding steroid dienone is 5. The summed E-state index contributed by atoms with van der Waals surface area (Å²) >= 11 is 0. The van der Waals surface area contributed by atoms with Gasteiger partial charge in [0.25, 0.3) is 0 Å². The summed E-state index contributed by atoms with van der Waals surface area (Å²) in [7, 11) is 3.07. The Bertz CT molecular complexity index is 441. The lowest BCUT2D eigenvalue weighted by Gasteiger charge is -2.24. The number of carbonyl (C=O) groups is 1. The van der Waals surface area contributed by atoms with Gasteiger partial charge in [-0.2, -0.15) is 0 Å². The van der Waals surface area contributed by atoms with Gasteiger partial charge >= 0.3 is 5.97 Å². The summed E-state index contributed by atoms with van der Waals surface area (Å²) < 4.78 is 10.3. The van der Waals surface area contributed by atoms with Gasteiger partial charge in [0.15, 0.2) is 0 Å². The highest BCUT2D eigenvalue weighted by atomic mass is 16.5. The fourth-order valence-electron chi connectivity index (χ4n) is 3.22. The Morgan fingerprint density at radius 2 is 1.57 bits per heavy atom. The monoisotopic (exact) mass is 290 g/mol. The largest absolute Gasteiger partial charge is 0.466 e. The normalized spacial score (nSPS) is 18.6.